The fraction of sp³-hybridized carbons (Fsp3) is 0.308. The summed E-state index contributed by atoms with van der Waals surface area (Å²) in [6, 6.07) is 7.23. The van der Waals surface area contributed by atoms with Crippen LogP contribution in [0.3, 0.4) is 0 Å². The van der Waals surface area contributed by atoms with Crippen molar-refractivity contribution in [1.82, 2.24) is 39.7 Å². The molecule has 4 heterocycles. The highest BCUT2D eigenvalue weighted by Gasteiger charge is 2.36. The van der Waals surface area contributed by atoms with Crippen molar-refractivity contribution < 1.29 is 17.9 Å². The molecule has 0 spiro atoms. The lowest BCUT2D eigenvalue weighted by atomic mass is 10.1. The maximum absolute atomic E-state index is 13.1. The quantitative estimate of drug-likeness (QED) is 0.335. The SMILES string of the molecule is COc1ncnc(C2CC2)c1-c1ncc2nn(C)c(Cc3ccc(-c4nc(C(F)(F)F)c(C)[nH]4)cc3)c2n1. The van der Waals surface area contributed by atoms with Crippen LogP contribution in [0, 0.1) is 6.92 Å². The van der Waals surface area contributed by atoms with E-state index >= 15 is 0 Å². The molecule has 0 unspecified atom stereocenters. The molecule has 194 valence electrons. The lowest BCUT2D eigenvalue weighted by molar-refractivity contribution is -0.141. The fourth-order valence-electron chi connectivity index (χ4n) is 4.62. The summed E-state index contributed by atoms with van der Waals surface area (Å²) in [5.41, 5.74) is 4.39. The smallest absolute Gasteiger partial charge is 0.435 e. The third-order valence-electron chi connectivity index (χ3n) is 6.67. The predicted octanol–water partition coefficient (Wildman–Crippen LogP) is 5.01. The van der Waals surface area contributed by atoms with E-state index in [4.69, 9.17) is 9.72 Å². The molecule has 1 saturated carbocycles. The number of alkyl halides is 3. The molecule has 0 saturated heterocycles. The maximum Gasteiger partial charge on any atom is 0.435 e. The normalized spacial score (nSPS) is 13.8. The molecule has 5 aromatic rings. The number of hydrogen-bond acceptors (Lipinski definition) is 7. The molecule has 1 aliphatic carbocycles. The number of H-pyrrole nitrogens is 1. The third kappa shape index (κ3) is 4.25. The van der Waals surface area contributed by atoms with Crippen LogP contribution < -0.4 is 4.74 Å². The van der Waals surface area contributed by atoms with E-state index in [2.05, 4.69) is 30.0 Å². The zero-order valence-electron chi connectivity index (χ0n) is 20.8. The first-order chi connectivity index (χ1) is 18.2. The van der Waals surface area contributed by atoms with E-state index in [-0.39, 0.29) is 11.5 Å². The average Bonchev–Trinajstić information content (AvgIpc) is 3.60. The number of benzene rings is 1. The van der Waals surface area contributed by atoms with Gasteiger partial charge in [-0.2, -0.15) is 18.3 Å². The van der Waals surface area contributed by atoms with Crippen molar-refractivity contribution in [3.8, 4) is 28.7 Å². The molecule has 1 fully saturated rings. The number of nitrogens with zero attached hydrogens (tertiary/aromatic N) is 7. The Kier molecular flexibility index (Phi) is 5.62. The van der Waals surface area contributed by atoms with Gasteiger partial charge in [0.2, 0.25) is 5.88 Å². The van der Waals surface area contributed by atoms with Gasteiger partial charge in [-0.05, 0) is 25.3 Å². The molecule has 9 nitrogen and oxygen atoms in total. The van der Waals surface area contributed by atoms with Crippen LogP contribution in [-0.4, -0.2) is 46.8 Å². The Morgan fingerprint density at radius 2 is 1.84 bits per heavy atom. The summed E-state index contributed by atoms with van der Waals surface area (Å²) in [7, 11) is 3.41. The minimum Gasteiger partial charge on any atom is -0.480 e. The Bertz CT molecular complexity index is 1650. The summed E-state index contributed by atoms with van der Waals surface area (Å²) in [6.45, 7) is 1.36. The van der Waals surface area contributed by atoms with Gasteiger partial charge in [-0.1, -0.05) is 24.3 Å². The van der Waals surface area contributed by atoms with Gasteiger partial charge in [0.05, 0.1) is 24.7 Å². The number of nitrogens with one attached hydrogen (secondary N) is 1. The first kappa shape index (κ1) is 24.0. The summed E-state index contributed by atoms with van der Waals surface area (Å²) in [6.07, 6.45) is 1.30. The van der Waals surface area contributed by atoms with Crippen LogP contribution in [0.2, 0.25) is 0 Å². The van der Waals surface area contributed by atoms with E-state index in [1.165, 1.54) is 13.3 Å². The number of fused-ring (bicyclic) bond motifs is 1. The standard InChI is InChI=1S/C26H23F3N8O/c1-13-22(26(27,28)29)35-23(33-13)16-6-4-14(5-7-16)10-18-21-17(36-37(18)2)11-30-24(34-21)19-20(15-8-9-15)31-12-32-25(19)38-3/h4-7,11-12,15H,8-10H2,1-3H3,(H,33,35). The van der Waals surface area contributed by atoms with Gasteiger partial charge in [-0.15, -0.1) is 0 Å². The molecule has 0 amide bonds. The number of aromatic amines is 1. The molecular weight excluding hydrogens is 497 g/mol. The van der Waals surface area contributed by atoms with Gasteiger partial charge in [-0.3, -0.25) is 4.68 Å². The zero-order valence-corrected chi connectivity index (χ0v) is 20.8. The van der Waals surface area contributed by atoms with Crippen LogP contribution in [0.1, 0.15) is 47.1 Å². The molecular formula is C26H23F3N8O. The molecule has 0 bridgehead atoms. The van der Waals surface area contributed by atoms with E-state index < -0.39 is 11.9 Å². The van der Waals surface area contributed by atoms with Crippen molar-refractivity contribution in [2.75, 3.05) is 7.11 Å². The Labute approximate surface area is 215 Å². The molecule has 4 aromatic heterocycles. The molecule has 38 heavy (non-hydrogen) atoms. The number of aromatic nitrogens is 8. The first-order valence-electron chi connectivity index (χ1n) is 12.0. The Morgan fingerprint density at radius 3 is 2.50 bits per heavy atom. The monoisotopic (exact) mass is 520 g/mol. The van der Waals surface area contributed by atoms with Crippen LogP contribution in [0.25, 0.3) is 33.8 Å². The minimum absolute atomic E-state index is 0.0151. The molecule has 0 radical (unpaired) electrons. The van der Waals surface area contributed by atoms with Crippen LogP contribution in [0.5, 0.6) is 5.88 Å². The van der Waals surface area contributed by atoms with Crippen LogP contribution >= 0.6 is 0 Å². The summed E-state index contributed by atoms with van der Waals surface area (Å²) >= 11 is 0. The van der Waals surface area contributed by atoms with Crippen LogP contribution in [-0.2, 0) is 19.6 Å². The first-order valence-corrected chi connectivity index (χ1v) is 12.0. The van der Waals surface area contributed by atoms with Gasteiger partial charge in [0.25, 0.3) is 0 Å². The molecule has 0 aliphatic heterocycles. The van der Waals surface area contributed by atoms with Gasteiger partial charge in [0.15, 0.2) is 11.5 Å². The molecule has 12 heteroatoms. The molecule has 1 aliphatic rings. The van der Waals surface area contributed by atoms with Gasteiger partial charge in [0.1, 0.15) is 28.7 Å². The van der Waals surface area contributed by atoms with Crippen molar-refractivity contribution in [2.24, 2.45) is 7.05 Å². The summed E-state index contributed by atoms with van der Waals surface area (Å²) in [4.78, 5) is 24.7. The van der Waals surface area contributed by atoms with E-state index in [0.29, 0.717) is 46.2 Å². The average molecular weight is 521 g/mol. The van der Waals surface area contributed by atoms with Crippen molar-refractivity contribution in [1.29, 1.82) is 0 Å². The van der Waals surface area contributed by atoms with Crippen molar-refractivity contribution >= 4 is 11.0 Å². The number of ether oxygens (including phenoxy) is 1. The van der Waals surface area contributed by atoms with Crippen molar-refractivity contribution in [3.05, 3.63) is 65.1 Å². The predicted molar refractivity (Wildman–Crippen MR) is 132 cm³/mol. The highest BCUT2D eigenvalue weighted by molar-refractivity contribution is 5.80. The molecule has 1 aromatic carbocycles. The third-order valence-corrected chi connectivity index (χ3v) is 6.67. The highest BCUT2D eigenvalue weighted by Crippen LogP contribution is 2.45. The van der Waals surface area contributed by atoms with E-state index in [1.807, 2.05) is 19.2 Å². The van der Waals surface area contributed by atoms with Crippen LogP contribution in [0.4, 0.5) is 13.2 Å². The summed E-state index contributed by atoms with van der Waals surface area (Å²) in [5.74, 6) is 1.44. The number of hydrogen-bond donors (Lipinski definition) is 1. The van der Waals surface area contributed by atoms with Gasteiger partial charge in [0, 0.05) is 30.6 Å². The molecule has 1 N–H and O–H groups in total. The van der Waals surface area contributed by atoms with Gasteiger partial charge in [-0.25, -0.2) is 24.9 Å². The second kappa shape index (κ2) is 8.89. The summed E-state index contributed by atoms with van der Waals surface area (Å²) < 4.78 is 46.7. The van der Waals surface area contributed by atoms with E-state index in [9.17, 15) is 13.2 Å². The Balaban J connectivity index is 1.34. The molecule has 0 atom stereocenters. The number of imidazole rings is 1. The zero-order chi connectivity index (χ0) is 26.6. The Morgan fingerprint density at radius 1 is 1.08 bits per heavy atom. The lowest BCUT2D eigenvalue weighted by Gasteiger charge is -2.10. The number of halogens is 3. The number of rotatable bonds is 6. The summed E-state index contributed by atoms with van der Waals surface area (Å²) in [5, 5.41) is 4.56. The molecule has 6 rings (SSSR count). The fourth-order valence-corrected chi connectivity index (χ4v) is 4.62. The van der Waals surface area contributed by atoms with Crippen LogP contribution in [0.15, 0.2) is 36.8 Å². The van der Waals surface area contributed by atoms with Crippen molar-refractivity contribution in [2.45, 2.75) is 38.3 Å². The van der Waals surface area contributed by atoms with E-state index in [0.717, 1.165) is 29.8 Å². The van der Waals surface area contributed by atoms with Gasteiger partial charge >= 0.3 is 6.18 Å². The Hall–Kier alpha value is -4.35. The van der Waals surface area contributed by atoms with Gasteiger partial charge < -0.3 is 9.72 Å². The lowest BCUT2D eigenvalue weighted by Crippen LogP contribution is -2.07. The second-order valence-electron chi connectivity index (χ2n) is 9.35. The minimum atomic E-state index is -4.50. The topological polar surface area (TPSA) is 107 Å². The van der Waals surface area contributed by atoms with Crippen molar-refractivity contribution in [3.63, 3.8) is 0 Å². The maximum atomic E-state index is 13.1. The highest BCUT2D eigenvalue weighted by atomic mass is 19.4. The number of aryl methyl sites for hydroxylation is 2. The second-order valence-corrected chi connectivity index (χ2v) is 9.35. The number of methoxy groups -OCH3 is 1. The largest absolute Gasteiger partial charge is 0.480 e. The van der Waals surface area contributed by atoms with E-state index in [1.54, 1.807) is 30.1 Å².